The Bertz CT molecular complexity index is 596. The van der Waals surface area contributed by atoms with Crippen LogP contribution in [0, 0.1) is 13.8 Å². The fourth-order valence-corrected chi connectivity index (χ4v) is 1.98. The molecular weight excluding hydrogens is 268 g/mol. The molecule has 6 nitrogen and oxygen atoms in total. The molecule has 0 saturated carbocycles. The van der Waals surface area contributed by atoms with E-state index in [2.05, 4.69) is 21.4 Å². The minimum atomic E-state index is 0.343. The van der Waals surface area contributed by atoms with Crippen LogP contribution in [-0.4, -0.2) is 30.2 Å². The number of benzene rings is 1. The van der Waals surface area contributed by atoms with Gasteiger partial charge in [0.25, 0.3) is 0 Å². The maximum absolute atomic E-state index is 6.04. The fourth-order valence-electron chi connectivity index (χ4n) is 1.98. The molecule has 0 spiro atoms. The second-order valence-electron chi connectivity index (χ2n) is 4.79. The van der Waals surface area contributed by atoms with Crippen molar-refractivity contribution in [3.8, 4) is 11.6 Å². The van der Waals surface area contributed by atoms with Crippen LogP contribution in [0.1, 0.15) is 11.1 Å². The number of methoxy groups -OCH3 is 1. The van der Waals surface area contributed by atoms with Crippen LogP contribution in [0.2, 0.25) is 0 Å². The predicted molar refractivity (Wildman–Crippen MR) is 82.8 cm³/mol. The molecule has 1 heterocycles. The number of ether oxygens (including phenoxy) is 2. The highest BCUT2D eigenvalue weighted by atomic mass is 16.5. The quantitative estimate of drug-likeness (QED) is 0.795. The molecule has 0 aliphatic heterocycles. The third-order valence-electron chi connectivity index (χ3n) is 2.86. The van der Waals surface area contributed by atoms with E-state index in [1.807, 2.05) is 26.0 Å². The van der Waals surface area contributed by atoms with E-state index in [4.69, 9.17) is 15.2 Å². The highest BCUT2D eigenvalue weighted by molar-refractivity contribution is 5.67. The molecule has 0 aliphatic carbocycles. The lowest BCUT2D eigenvalue weighted by Gasteiger charge is -2.12. The molecule has 0 aliphatic rings. The molecule has 21 heavy (non-hydrogen) atoms. The van der Waals surface area contributed by atoms with Gasteiger partial charge >= 0.3 is 0 Å². The number of nitrogens with two attached hydrogens (primary N) is 1. The van der Waals surface area contributed by atoms with Crippen molar-refractivity contribution in [1.29, 1.82) is 0 Å². The molecule has 112 valence electrons. The summed E-state index contributed by atoms with van der Waals surface area (Å²) in [6, 6.07) is 5.95. The van der Waals surface area contributed by atoms with Gasteiger partial charge in [-0.15, -0.1) is 0 Å². The zero-order chi connectivity index (χ0) is 15.2. The zero-order valence-corrected chi connectivity index (χ0v) is 12.5. The standard InChI is InChI=1S/C15H20N4O2/c1-10-6-11(2)8-12(7-10)21-15-13(16)14(18-9-19-15)17-4-5-20-3/h6-9H,4-5,16H2,1-3H3,(H,17,18,19). The lowest BCUT2D eigenvalue weighted by Crippen LogP contribution is -2.11. The number of aryl methyl sites for hydroxylation is 2. The molecule has 0 bridgehead atoms. The molecule has 0 saturated heterocycles. The van der Waals surface area contributed by atoms with Crippen LogP contribution in [0.15, 0.2) is 24.5 Å². The van der Waals surface area contributed by atoms with Crippen LogP contribution in [-0.2, 0) is 4.74 Å². The monoisotopic (exact) mass is 288 g/mol. The maximum atomic E-state index is 6.04. The van der Waals surface area contributed by atoms with Crippen LogP contribution in [0.25, 0.3) is 0 Å². The van der Waals surface area contributed by atoms with Gasteiger partial charge in [0.2, 0.25) is 5.88 Å². The van der Waals surface area contributed by atoms with Gasteiger partial charge in [0, 0.05) is 13.7 Å². The smallest absolute Gasteiger partial charge is 0.248 e. The number of anilines is 2. The van der Waals surface area contributed by atoms with Gasteiger partial charge < -0.3 is 20.5 Å². The molecule has 0 radical (unpaired) electrons. The first-order valence-corrected chi connectivity index (χ1v) is 6.69. The van der Waals surface area contributed by atoms with Crippen LogP contribution in [0.5, 0.6) is 11.6 Å². The number of hydrogen-bond acceptors (Lipinski definition) is 6. The lowest BCUT2D eigenvalue weighted by molar-refractivity contribution is 0.210. The Morgan fingerprint density at radius 1 is 1.14 bits per heavy atom. The topological polar surface area (TPSA) is 82.3 Å². The summed E-state index contributed by atoms with van der Waals surface area (Å²) in [4.78, 5) is 8.20. The second-order valence-corrected chi connectivity index (χ2v) is 4.79. The molecule has 1 aromatic carbocycles. The number of aromatic nitrogens is 2. The Labute approximate surface area is 124 Å². The molecule has 2 rings (SSSR count). The first-order chi connectivity index (χ1) is 10.1. The van der Waals surface area contributed by atoms with Gasteiger partial charge in [0.05, 0.1) is 6.61 Å². The number of nitrogen functional groups attached to an aromatic ring is 1. The van der Waals surface area contributed by atoms with Crippen LogP contribution in [0.3, 0.4) is 0 Å². The van der Waals surface area contributed by atoms with Gasteiger partial charge in [0.15, 0.2) is 5.82 Å². The van der Waals surface area contributed by atoms with Crippen LogP contribution >= 0.6 is 0 Å². The van der Waals surface area contributed by atoms with E-state index in [9.17, 15) is 0 Å². The summed E-state index contributed by atoms with van der Waals surface area (Å²) >= 11 is 0. The summed E-state index contributed by atoms with van der Waals surface area (Å²) in [6.07, 6.45) is 1.42. The number of nitrogens with zero attached hydrogens (tertiary/aromatic N) is 2. The summed E-state index contributed by atoms with van der Waals surface area (Å²) in [6.45, 7) is 5.21. The fraction of sp³-hybridized carbons (Fsp3) is 0.333. The van der Waals surface area contributed by atoms with E-state index in [0.29, 0.717) is 36.3 Å². The first-order valence-electron chi connectivity index (χ1n) is 6.69. The van der Waals surface area contributed by atoms with E-state index in [-0.39, 0.29) is 0 Å². The summed E-state index contributed by atoms with van der Waals surface area (Å²) < 4.78 is 10.7. The Kier molecular flexibility index (Phi) is 4.94. The maximum Gasteiger partial charge on any atom is 0.248 e. The minimum absolute atomic E-state index is 0.343. The summed E-state index contributed by atoms with van der Waals surface area (Å²) in [5.74, 6) is 1.59. The predicted octanol–water partition coefficient (Wildman–Crippen LogP) is 2.53. The first kappa shape index (κ1) is 15.1. The summed E-state index contributed by atoms with van der Waals surface area (Å²) in [7, 11) is 1.64. The highest BCUT2D eigenvalue weighted by Crippen LogP contribution is 2.29. The summed E-state index contributed by atoms with van der Waals surface area (Å²) in [5.41, 5.74) is 8.66. The number of hydrogen-bond donors (Lipinski definition) is 2. The number of nitrogens with one attached hydrogen (secondary N) is 1. The van der Waals surface area contributed by atoms with Gasteiger partial charge in [0.1, 0.15) is 17.8 Å². The van der Waals surface area contributed by atoms with Crippen molar-refractivity contribution in [1.82, 2.24) is 9.97 Å². The molecule has 2 aromatic rings. The van der Waals surface area contributed by atoms with E-state index in [1.54, 1.807) is 7.11 Å². The molecule has 6 heteroatoms. The average molecular weight is 288 g/mol. The van der Waals surface area contributed by atoms with E-state index >= 15 is 0 Å². The second kappa shape index (κ2) is 6.90. The third-order valence-corrected chi connectivity index (χ3v) is 2.86. The highest BCUT2D eigenvalue weighted by Gasteiger charge is 2.10. The van der Waals surface area contributed by atoms with E-state index < -0.39 is 0 Å². The van der Waals surface area contributed by atoms with Crippen LogP contribution < -0.4 is 15.8 Å². The Balaban J connectivity index is 2.18. The van der Waals surface area contributed by atoms with Gasteiger partial charge in [-0.25, -0.2) is 4.98 Å². The largest absolute Gasteiger partial charge is 0.437 e. The van der Waals surface area contributed by atoms with Crippen molar-refractivity contribution in [2.75, 3.05) is 31.3 Å². The number of rotatable bonds is 6. The molecule has 3 N–H and O–H groups in total. The average Bonchev–Trinajstić information content (AvgIpc) is 2.42. The summed E-state index contributed by atoms with van der Waals surface area (Å²) in [5, 5.41) is 3.08. The zero-order valence-electron chi connectivity index (χ0n) is 12.5. The van der Waals surface area contributed by atoms with E-state index in [0.717, 1.165) is 11.1 Å². The SMILES string of the molecule is COCCNc1ncnc(Oc2cc(C)cc(C)c2)c1N. The lowest BCUT2D eigenvalue weighted by atomic mass is 10.1. The normalized spacial score (nSPS) is 10.4. The Morgan fingerprint density at radius 3 is 2.52 bits per heavy atom. The van der Waals surface area contributed by atoms with E-state index in [1.165, 1.54) is 6.33 Å². The third kappa shape index (κ3) is 4.06. The van der Waals surface area contributed by atoms with Gasteiger partial charge in [-0.1, -0.05) is 6.07 Å². The molecular formula is C15H20N4O2. The van der Waals surface area contributed by atoms with Crippen molar-refractivity contribution < 1.29 is 9.47 Å². The molecule has 1 aromatic heterocycles. The van der Waals surface area contributed by atoms with Crippen molar-refractivity contribution in [3.05, 3.63) is 35.7 Å². The van der Waals surface area contributed by atoms with Crippen molar-refractivity contribution in [2.24, 2.45) is 0 Å². The Morgan fingerprint density at radius 2 is 1.86 bits per heavy atom. The van der Waals surface area contributed by atoms with Crippen molar-refractivity contribution in [2.45, 2.75) is 13.8 Å². The van der Waals surface area contributed by atoms with Crippen LogP contribution in [0.4, 0.5) is 11.5 Å². The molecule has 0 atom stereocenters. The van der Waals surface area contributed by atoms with Crippen molar-refractivity contribution >= 4 is 11.5 Å². The van der Waals surface area contributed by atoms with Gasteiger partial charge in [-0.3, -0.25) is 0 Å². The molecule has 0 amide bonds. The molecule has 0 fully saturated rings. The Hall–Kier alpha value is -2.34. The van der Waals surface area contributed by atoms with Gasteiger partial charge in [-0.2, -0.15) is 4.98 Å². The minimum Gasteiger partial charge on any atom is -0.437 e. The van der Waals surface area contributed by atoms with Gasteiger partial charge in [-0.05, 0) is 37.1 Å². The van der Waals surface area contributed by atoms with Crippen molar-refractivity contribution in [3.63, 3.8) is 0 Å². The molecule has 0 unspecified atom stereocenters.